The van der Waals surface area contributed by atoms with Crippen LogP contribution in [0.15, 0.2) is 18.2 Å². The zero-order chi connectivity index (χ0) is 11.4. The Balaban J connectivity index is 1.75. The first-order valence-electron chi connectivity index (χ1n) is 5.71. The lowest BCUT2D eigenvalue weighted by molar-refractivity contribution is 0.228. The van der Waals surface area contributed by atoms with Gasteiger partial charge in [0, 0.05) is 11.7 Å². The van der Waals surface area contributed by atoms with Gasteiger partial charge in [-0.15, -0.1) is 0 Å². The monoisotopic (exact) mass is 219 g/mol. The van der Waals surface area contributed by atoms with Gasteiger partial charge in [-0.1, -0.05) is 6.07 Å². The number of aromatic nitrogens is 1. The highest BCUT2D eigenvalue weighted by Gasteiger charge is 2.18. The van der Waals surface area contributed by atoms with Crippen LogP contribution in [0, 0.1) is 6.92 Å². The molecule has 0 bridgehead atoms. The Hall–Kier alpha value is -1.58. The molecule has 2 N–H and O–H groups in total. The van der Waals surface area contributed by atoms with Crippen LogP contribution in [0.3, 0.4) is 0 Å². The lowest BCUT2D eigenvalue weighted by Gasteiger charge is -2.26. The lowest BCUT2D eigenvalue weighted by atomic mass is 9.93. The molecule has 0 atom stereocenters. The first-order valence-corrected chi connectivity index (χ1v) is 5.71. The molecular weight excluding hydrogens is 202 g/mol. The number of hydrogen-bond acceptors (Lipinski definition) is 2. The first kappa shape index (κ1) is 10.9. The molecule has 2 rings (SSSR count). The van der Waals surface area contributed by atoms with Gasteiger partial charge in [-0.3, -0.25) is 4.98 Å². The van der Waals surface area contributed by atoms with Gasteiger partial charge in [0.15, 0.2) is 0 Å². The number of urea groups is 1. The minimum absolute atomic E-state index is 0.0898. The minimum atomic E-state index is -0.0898. The molecule has 0 aromatic carbocycles. The summed E-state index contributed by atoms with van der Waals surface area (Å²) in [4.78, 5) is 15.8. The van der Waals surface area contributed by atoms with E-state index < -0.39 is 0 Å². The molecule has 1 aromatic rings. The third-order valence-electron chi connectivity index (χ3n) is 2.82. The van der Waals surface area contributed by atoms with Crippen LogP contribution >= 0.6 is 0 Å². The minimum Gasteiger partial charge on any atom is -0.335 e. The standard InChI is InChI=1S/C12H17N3O/c1-9-4-2-7-11(14-9)8-13-12(16)15-10-5-3-6-10/h2,4,7,10H,3,5-6,8H2,1H3,(H2,13,15,16). The highest BCUT2D eigenvalue weighted by Crippen LogP contribution is 2.17. The summed E-state index contributed by atoms with van der Waals surface area (Å²) in [6.45, 7) is 2.43. The Bertz CT molecular complexity index is 374. The number of nitrogens with one attached hydrogen (secondary N) is 2. The number of rotatable bonds is 3. The van der Waals surface area contributed by atoms with Crippen LogP contribution in [0.1, 0.15) is 30.7 Å². The fourth-order valence-corrected chi connectivity index (χ4v) is 1.66. The Morgan fingerprint density at radius 2 is 2.31 bits per heavy atom. The quantitative estimate of drug-likeness (QED) is 0.813. The molecule has 4 heteroatoms. The normalized spacial score (nSPS) is 15.3. The number of carbonyl (C=O) groups excluding carboxylic acids is 1. The number of carbonyl (C=O) groups is 1. The van der Waals surface area contributed by atoms with E-state index in [1.165, 1.54) is 6.42 Å². The summed E-state index contributed by atoms with van der Waals surface area (Å²) in [6, 6.07) is 6.09. The third-order valence-corrected chi connectivity index (χ3v) is 2.82. The summed E-state index contributed by atoms with van der Waals surface area (Å²) in [5.41, 5.74) is 1.86. The van der Waals surface area contributed by atoms with E-state index in [4.69, 9.17) is 0 Å². The van der Waals surface area contributed by atoms with Crippen molar-refractivity contribution in [3.8, 4) is 0 Å². The van der Waals surface area contributed by atoms with Crippen molar-refractivity contribution in [1.82, 2.24) is 15.6 Å². The Morgan fingerprint density at radius 3 is 2.94 bits per heavy atom. The highest BCUT2D eigenvalue weighted by atomic mass is 16.2. The molecule has 16 heavy (non-hydrogen) atoms. The summed E-state index contributed by atoms with van der Waals surface area (Å²) in [5, 5.41) is 5.74. The molecule has 1 saturated carbocycles. The zero-order valence-corrected chi connectivity index (χ0v) is 9.49. The molecular formula is C12H17N3O. The van der Waals surface area contributed by atoms with Gasteiger partial charge in [0.05, 0.1) is 12.2 Å². The van der Waals surface area contributed by atoms with Gasteiger partial charge in [-0.05, 0) is 38.3 Å². The van der Waals surface area contributed by atoms with E-state index >= 15 is 0 Å². The van der Waals surface area contributed by atoms with E-state index in [1.807, 2.05) is 25.1 Å². The molecule has 1 aliphatic rings. The van der Waals surface area contributed by atoms with E-state index in [1.54, 1.807) is 0 Å². The summed E-state index contributed by atoms with van der Waals surface area (Å²) in [7, 11) is 0. The molecule has 2 amide bonds. The smallest absolute Gasteiger partial charge is 0.315 e. The topological polar surface area (TPSA) is 54.0 Å². The summed E-state index contributed by atoms with van der Waals surface area (Å²) >= 11 is 0. The van der Waals surface area contributed by atoms with Crippen LogP contribution in [-0.4, -0.2) is 17.1 Å². The van der Waals surface area contributed by atoms with Gasteiger partial charge >= 0.3 is 6.03 Å². The SMILES string of the molecule is Cc1cccc(CNC(=O)NC2CCC2)n1. The van der Waals surface area contributed by atoms with Crippen LogP contribution in [0.25, 0.3) is 0 Å². The molecule has 1 fully saturated rings. The second-order valence-electron chi connectivity index (χ2n) is 4.23. The number of nitrogens with zero attached hydrogens (tertiary/aromatic N) is 1. The average Bonchev–Trinajstić information content (AvgIpc) is 2.21. The number of aryl methyl sites for hydroxylation is 1. The van der Waals surface area contributed by atoms with Crippen LogP contribution in [-0.2, 0) is 6.54 Å². The maximum atomic E-state index is 11.5. The van der Waals surface area contributed by atoms with Crippen LogP contribution in [0.4, 0.5) is 4.79 Å². The molecule has 1 heterocycles. The summed E-state index contributed by atoms with van der Waals surface area (Å²) in [5.74, 6) is 0. The van der Waals surface area contributed by atoms with Crippen molar-refractivity contribution in [2.45, 2.75) is 38.8 Å². The molecule has 1 aromatic heterocycles. The molecule has 0 radical (unpaired) electrons. The predicted octanol–water partition coefficient (Wildman–Crippen LogP) is 1.74. The van der Waals surface area contributed by atoms with Gasteiger partial charge in [0.2, 0.25) is 0 Å². The van der Waals surface area contributed by atoms with Crippen molar-refractivity contribution in [1.29, 1.82) is 0 Å². The number of hydrogen-bond donors (Lipinski definition) is 2. The van der Waals surface area contributed by atoms with E-state index in [2.05, 4.69) is 15.6 Å². The predicted molar refractivity (Wildman–Crippen MR) is 62.0 cm³/mol. The van der Waals surface area contributed by atoms with Crippen LogP contribution in [0.5, 0.6) is 0 Å². The third kappa shape index (κ3) is 2.95. The zero-order valence-electron chi connectivity index (χ0n) is 9.49. The largest absolute Gasteiger partial charge is 0.335 e. The van der Waals surface area contributed by atoms with Gasteiger partial charge in [-0.25, -0.2) is 4.79 Å². The first-order chi connectivity index (χ1) is 7.74. The molecule has 0 spiro atoms. The van der Waals surface area contributed by atoms with Crippen molar-refractivity contribution in [2.24, 2.45) is 0 Å². The van der Waals surface area contributed by atoms with Gasteiger partial charge < -0.3 is 10.6 Å². The van der Waals surface area contributed by atoms with Gasteiger partial charge in [0.1, 0.15) is 0 Å². The Kier molecular flexibility index (Phi) is 3.39. The molecule has 86 valence electrons. The molecule has 4 nitrogen and oxygen atoms in total. The van der Waals surface area contributed by atoms with Gasteiger partial charge in [0.25, 0.3) is 0 Å². The molecule has 0 saturated heterocycles. The van der Waals surface area contributed by atoms with Crippen molar-refractivity contribution in [3.63, 3.8) is 0 Å². The van der Waals surface area contributed by atoms with Gasteiger partial charge in [-0.2, -0.15) is 0 Å². The highest BCUT2D eigenvalue weighted by molar-refractivity contribution is 5.74. The fraction of sp³-hybridized carbons (Fsp3) is 0.500. The van der Waals surface area contributed by atoms with Crippen molar-refractivity contribution >= 4 is 6.03 Å². The van der Waals surface area contributed by atoms with E-state index in [9.17, 15) is 4.79 Å². The molecule has 1 aliphatic carbocycles. The van der Waals surface area contributed by atoms with Crippen molar-refractivity contribution in [2.75, 3.05) is 0 Å². The molecule has 0 aliphatic heterocycles. The van der Waals surface area contributed by atoms with E-state index in [-0.39, 0.29) is 6.03 Å². The van der Waals surface area contributed by atoms with E-state index in [0.29, 0.717) is 12.6 Å². The molecule has 0 unspecified atom stereocenters. The van der Waals surface area contributed by atoms with Crippen molar-refractivity contribution < 1.29 is 4.79 Å². The van der Waals surface area contributed by atoms with Crippen LogP contribution in [0.2, 0.25) is 0 Å². The van der Waals surface area contributed by atoms with Crippen LogP contribution < -0.4 is 10.6 Å². The second kappa shape index (κ2) is 4.96. The summed E-state index contributed by atoms with van der Waals surface area (Å²) < 4.78 is 0. The fourth-order valence-electron chi connectivity index (χ4n) is 1.66. The summed E-state index contributed by atoms with van der Waals surface area (Å²) in [6.07, 6.45) is 3.44. The lowest BCUT2D eigenvalue weighted by Crippen LogP contribution is -2.44. The Morgan fingerprint density at radius 1 is 1.50 bits per heavy atom. The number of amides is 2. The average molecular weight is 219 g/mol. The maximum Gasteiger partial charge on any atom is 0.315 e. The maximum absolute atomic E-state index is 11.5. The van der Waals surface area contributed by atoms with E-state index in [0.717, 1.165) is 24.2 Å². The second-order valence-corrected chi connectivity index (χ2v) is 4.23. The number of pyridine rings is 1. The Labute approximate surface area is 95.5 Å². The van der Waals surface area contributed by atoms with Crippen molar-refractivity contribution in [3.05, 3.63) is 29.6 Å².